The van der Waals surface area contributed by atoms with Crippen LogP contribution in [0.4, 0.5) is 13.2 Å². The van der Waals surface area contributed by atoms with Gasteiger partial charge in [0.1, 0.15) is 0 Å². The number of hydrogen-bond acceptors (Lipinski definition) is 3. The van der Waals surface area contributed by atoms with E-state index in [1.54, 1.807) is 6.07 Å². The van der Waals surface area contributed by atoms with Gasteiger partial charge in [0.25, 0.3) is 0 Å². The number of hydrogen-bond donors (Lipinski definition) is 0. The Morgan fingerprint density at radius 1 is 1.12 bits per heavy atom. The Morgan fingerprint density at radius 2 is 1.88 bits per heavy atom. The normalized spacial score (nSPS) is 10.3. The SMILES string of the molecule is O=c1ccc2cccc(OC(F)=C(F)F)c2o1. The van der Waals surface area contributed by atoms with Crippen molar-refractivity contribution in [3.05, 3.63) is 52.8 Å². The highest BCUT2D eigenvalue weighted by atomic mass is 19.3. The molecule has 0 unspecified atom stereocenters. The van der Waals surface area contributed by atoms with Crippen molar-refractivity contribution in [1.82, 2.24) is 0 Å². The predicted octanol–water partition coefficient (Wildman–Crippen LogP) is 3.21. The molecule has 0 atom stereocenters. The first kappa shape index (κ1) is 11.3. The average molecular weight is 242 g/mol. The Hall–Kier alpha value is -2.24. The second-order valence-electron chi connectivity index (χ2n) is 3.07. The number of ether oxygens (including phenoxy) is 1. The molecule has 0 aliphatic rings. The third kappa shape index (κ3) is 2.30. The van der Waals surface area contributed by atoms with Gasteiger partial charge in [-0.25, -0.2) is 4.79 Å². The number of fused-ring (bicyclic) bond motifs is 1. The molecule has 1 heterocycles. The van der Waals surface area contributed by atoms with Crippen LogP contribution in [-0.2, 0) is 0 Å². The average Bonchev–Trinajstić information content (AvgIpc) is 2.29. The van der Waals surface area contributed by atoms with Crippen LogP contribution in [0.25, 0.3) is 11.0 Å². The van der Waals surface area contributed by atoms with Crippen LogP contribution in [0.15, 0.2) is 51.6 Å². The molecule has 3 nitrogen and oxygen atoms in total. The fourth-order valence-corrected chi connectivity index (χ4v) is 1.28. The minimum absolute atomic E-state index is 0.0867. The molecule has 0 bridgehead atoms. The van der Waals surface area contributed by atoms with Gasteiger partial charge < -0.3 is 9.15 Å². The number of halogens is 3. The van der Waals surface area contributed by atoms with Crippen LogP contribution in [0.2, 0.25) is 0 Å². The Balaban J connectivity index is 2.58. The summed E-state index contributed by atoms with van der Waals surface area (Å²) in [5.41, 5.74) is -0.768. The van der Waals surface area contributed by atoms with Crippen molar-refractivity contribution in [3.8, 4) is 5.75 Å². The van der Waals surface area contributed by atoms with Crippen LogP contribution in [0.1, 0.15) is 0 Å². The minimum Gasteiger partial charge on any atom is -0.424 e. The van der Waals surface area contributed by atoms with Gasteiger partial charge >= 0.3 is 17.7 Å². The molecule has 0 saturated carbocycles. The van der Waals surface area contributed by atoms with Gasteiger partial charge in [-0.1, -0.05) is 12.1 Å². The fourth-order valence-electron chi connectivity index (χ4n) is 1.28. The first-order valence-corrected chi connectivity index (χ1v) is 4.49. The van der Waals surface area contributed by atoms with E-state index in [9.17, 15) is 18.0 Å². The van der Waals surface area contributed by atoms with Crippen LogP contribution in [-0.4, -0.2) is 0 Å². The van der Waals surface area contributed by atoms with E-state index in [-0.39, 0.29) is 11.3 Å². The highest BCUT2D eigenvalue weighted by Gasteiger charge is 2.11. The molecule has 0 radical (unpaired) electrons. The van der Waals surface area contributed by atoms with Crippen molar-refractivity contribution in [3.63, 3.8) is 0 Å². The van der Waals surface area contributed by atoms with Gasteiger partial charge in [-0.2, -0.15) is 13.2 Å². The second kappa shape index (κ2) is 4.32. The van der Waals surface area contributed by atoms with E-state index in [0.717, 1.165) is 6.07 Å². The molecular weight excluding hydrogens is 237 g/mol. The summed E-state index contributed by atoms with van der Waals surface area (Å²) in [5.74, 6) is -0.287. The highest BCUT2D eigenvalue weighted by molar-refractivity contribution is 5.82. The molecular formula is C11H5F3O3. The first-order chi connectivity index (χ1) is 8.08. The van der Waals surface area contributed by atoms with Gasteiger partial charge in [-0.05, 0) is 12.1 Å². The molecule has 0 fully saturated rings. The van der Waals surface area contributed by atoms with Gasteiger partial charge in [-0.15, -0.1) is 0 Å². The summed E-state index contributed by atoms with van der Waals surface area (Å²) in [5, 5.41) is 0.439. The van der Waals surface area contributed by atoms with E-state index < -0.39 is 17.7 Å². The standard InChI is InChI=1S/C11H5F3O3/c12-10(13)11(14)16-7-3-1-2-6-4-5-8(15)17-9(6)7/h1-5H. The van der Waals surface area contributed by atoms with Crippen molar-refractivity contribution >= 4 is 11.0 Å². The molecule has 0 aliphatic carbocycles. The first-order valence-electron chi connectivity index (χ1n) is 4.49. The van der Waals surface area contributed by atoms with E-state index in [1.165, 1.54) is 18.2 Å². The fraction of sp³-hybridized carbons (Fsp3) is 0. The van der Waals surface area contributed by atoms with E-state index >= 15 is 0 Å². The zero-order valence-electron chi connectivity index (χ0n) is 8.25. The smallest absolute Gasteiger partial charge is 0.344 e. The summed E-state index contributed by atoms with van der Waals surface area (Å²) in [6, 6.07) is 4.80. The third-order valence-electron chi connectivity index (χ3n) is 1.96. The molecule has 17 heavy (non-hydrogen) atoms. The Bertz CT molecular complexity index is 642. The predicted molar refractivity (Wildman–Crippen MR) is 53.5 cm³/mol. The summed E-state index contributed by atoms with van der Waals surface area (Å²) < 4.78 is 45.4. The Labute approximate surface area is 92.7 Å². The zero-order chi connectivity index (χ0) is 12.4. The number of benzene rings is 1. The largest absolute Gasteiger partial charge is 0.424 e. The third-order valence-corrected chi connectivity index (χ3v) is 1.96. The lowest BCUT2D eigenvalue weighted by Gasteiger charge is -2.04. The molecule has 88 valence electrons. The molecule has 0 N–H and O–H groups in total. The van der Waals surface area contributed by atoms with Crippen molar-refractivity contribution in [2.24, 2.45) is 0 Å². The Morgan fingerprint density at radius 3 is 2.59 bits per heavy atom. The number of para-hydroxylation sites is 1. The van der Waals surface area contributed by atoms with Crippen molar-refractivity contribution in [2.45, 2.75) is 0 Å². The maximum Gasteiger partial charge on any atom is 0.344 e. The van der Waals surface area contributed by atoms with Crippen LogP contribution in [0, 0.1) is 0 Å². The van der Waals surface area contributed by atoms with E-state index in [2.05, 4.69) is 4.74 Å². The lowest BCUT2D eigenvalue weighted by molar-refractivity contribution is 0.241. The van der Waals surface area contributed by atoms with Crippen LogP contribution >= 0.6 is 0 Å². The monoisotopic (exact) mass is 242 g/mol. The molecule has 0 spiro atoms. The summed E-state index contributed by atoms with van der Waals surface area (Å²) in [7, 11) is 0. The highest BCUT2D eigenvalue weighted by Crippen LogP contribution is 2.27. The van der Waals surface area contributed by atoms with Gasteiger partial charge in [0.2, 0.25) is 0 Å². The summed E-state index contributed by atoms with van der Waals surface area (Å²) in [4.78, 5) is 11.0. The minimum atomic E-state index is -2.58. The molecule has 6 heteroatoms. The number of rotatable bonds is 2. The lowest BCUT2D eigenvalue weighted by atomic mass is 10.2. The van der Waals surface area contributed by atoms with E-state index in [4.69, 9.17) is 4.42 Å². The summed E-state index contributed by atoms with van der Waals surface area (Å²) >= 11 is 0. The summed E-state index contributed by atoms with van der Waals surface area (Å²) in [6.45, 7) is 0. The molecule has 1 aromatic carbocycles. The van der Waals surface area contributed by atoms with Crippen LogP contribution in [0.3, 0.4) is 0 Å². The molecule has 0 saturated heterocycles. The molecule has 2 aromatic rings. The second-order valence-corrected chi connectivity index (χ2v) is 3.07. The van der Waals surface area contributed by atoms with Gasteiger partial charge in [0, 0.05) is 11.5 Å². The maximum atomic E-state index is 12.6. The van der Waals surface area contributed by atoms with Crippen molar-refractivity contribution < 1.29 is 22.3 Å². The molecule has 1 aromatic heterocycles. The van der Waals surface area contributed by atoms with E-state index in [0.29, 0.717) is 5.39 Å². The van der Waals surface area contributed by atoms with Gasteiger partial charge in [0.15, 0.2) is 11.3 Å². The van der Waals surface area contributed by atoms with Crippen molar-refractivity contribution in [1.29, 1.82) is 0 Å². The Kier molecular flexibility index (Phi) is 2.86. The summed E-state index contributed by atoms with van der Waals surface area (Å²) in [6.07, 6.45) is -2.58. The van der Waals surface area contributed by atoms with Gasteiger partial charge in [0.05, 0.1) is 0 Å². The van der Waals surface area contributed by atoms with E-state index in [1.807, 2.05) is 0 Å². The van der Waals surface area contributed by atoms with Crippen LogP contribution in [0.5, 0.6) is 5.75 Å². The molecule has 0 amide bonds. The van der Waals surface area contributed by atoms with Crippen LogP contribution < -0.4 is 10.4 Å². The maximum absolute atomic E-state index is 12.6. The molecule has 2 rings (SSSR count). The molecule has 0 aliphatic heterocycles. The zero-order valence-corrected chi connectivity index (χ0v) is 8.25. The van der Waals surface area contributed by atoms with Gasteiger partial charge in [-0.3, -0.25) is 0 Å². The quantitative estimate of drug-likeness (QED) is 0.599. The lowest BCUT2D eigenvalue weighted by Crippen LogP contribution is -1.97. The topological polar surface area (TPSA) is 39.4 Å². The van der Waals surface area contributed by atoms with Crippen molar-refractivity contribution in [2.75, 3.05) is 0 Å².